The highest BCUT2D eigenvalue weighted by Gasteiger charge is 2.21. The molecule has 27 heavy (non-hydrogen) atoms. The molecule has 1 atom stereocenters. The van der Waals surface area contributed by atoms with Crippen molar-refractivity contribution in [1.82, 2.24) is 10.6 Å². The predicted octanol–water partition coefficient (Wildman–Crippen LogP) is 1.06. The molecule has 1 aromatic rings. The minimum Gasteiger partial charge on any atom is -0.480 e. The van der Waals surface area contributed by atoms with Crippen LogP contribution < -0.4 is 10.6 Å². The van der Waals surface area contributed by atoms with Crippen LogP contribution in [-0.4, -0.2) is 52.3 Å². The van der Waals surface area contributed by atoms with Gasteiger partial charge in [-0.25, -0.2) is 0 Å². The van der Waals surface area contributed by atoms with Crippen LogP contribution in [0.4, 0.5) is 0 Å². The molecule has 0 saturated heterocycles. The van der Waals surface area contributed by atoms with E-state index in [0.717, 1.165) is 5.56 Å². The Balaban J connectivity index is 2.53. The first kappa shape index (κ1) is 23.0. The number of ketones is 1. The summed E-state index contributed by atoms with van der Waals surface area (Å²) >= 11 is 1.97. The van der Waals surface area contributed by atoms with Gasteiger partial charge < -0.3 is 20.5 Å². The Labute approximate surface area is 171 Å². The van der Waals surface area contributed by atoms with Crippen LogP contribution in [0.5, 0.6) is 0 Å². The fourth-order valence-electron chi connectivity index (χ4n) is 2.12. The largest absolute Gasteiger partial charge is 0.480 e. The van der Waals surface area contributed by atoms with Crippen molar-refractivity contribution >= 4 is 46.2 Å². The van der Waals surface area contributed by atoms with Crippen LogP contribution in [0.15, 0.2) is 30.3 Å². The van der Waals surface area contributed by atoms with E-state index < -0.39 is 30.4 Å². The van der Waals surface area contributed by atoms with E-state index in [0.29, 0.717) is 17.3 Å². The van der Waals surface area contributed by atoms with Crippen molar-refractivity contribution < 1.29 is 29.0 Å². The highest BCUT2D eigenvalue weighted by Crippen LogP contribution is 2.03. The number of Topliss-reactive ketones (excluding diaryl/α,β-unsaturated/α-hetero) is 1. The number of ether oxygens (including phenoxy) is 1. The summed E-state index contributed by atoms with van der Waals surface area (Å²) in [6, 6.07) is 8.29. The van der Waals surface area contributed by atoms with Crippen LogP contribution in [0.1, 0.15) is 24.8 Å². The topological polar surface area (TPSA) is 122 Å². The van der Waals surface area contributed by atoms with E-state index >= 15 is 0 Å². The number of alkyl halides is 1. The fraction of sp³-hybridized carbons (Fsp3) is 0.444. The Morgan fingerprint density at radius 2 is 1.81 bits per heavy atom. The summed E-state index contributed by atoms with van der Waals surface area (Å²) in [5.74, 6) is -2.15. The maximum atomic E-state index is 12.1. The minimum absolute atomic E-state index is 0.0605. The van der Waals surface area contributed by atoms with Crippen LogP contribution in [0, 0.1) is 0 Å². The van der Waals surface area contributed by atoms with Crippen LogP contribution in [0.2, 0.25) is 0 Å². The highest BCUT2D eigenvalue weighted by atomic mass is 127. The number of halogens is 1. The number of aliphatic carboxylic acids is 1. The molecule has 0 aliphatic rings. The predicted molar refractivity (Wildman–Crippen MR) is 106 cm³/mol. The number of carboxylic acid groups (broad SMARTS) is 1. The zero-order chi connectivity index (χ0) is 20.1. The lowest BCUT2D eigenvalue weighted by Crippen LogP contribution is -2.50. The molecule has 0 aromatic heterocycles. The van der Waals surface area contributed by atoms with Gasteiger partial charge in [0.15, 0.2) is 0 Å². The molecule has 1 rings (SSSR count). The van der Waals surface area contributed by atoms with Gasteiger partial charge in [-0.2, -0.15) is 0 Å². The van der Waals surface area contributed by atoms with E-state index in [1.165, 1.54) is 0 Å². The third-order valence-corrected chi connectivity index (χ3v) is 4.32. The molecule has 2 amide bonds. The average Bonchev–Trinajstić information content (AvgIpc) is 2.65. The third kappa shape index (κ3) is 10.7. The van der Waals surface area contributed by atoms with Crippen molar-refractivity contribution in [3.63, 3.8) is 0 Å². The van der Waals surface area contributed by atoms with Crippen LogP contribution >= 0.6 is 22.6 Å². The number of benzene rings is 1. The zero-order valence-electron chi connectivity index (χ0n) is 14.8. The van der Waals surface area contributed by atoms with E-state index in [1.54, 1.807) is 0 Å². The number of carbonyl (C=O) groups excluding carboxylic acids is 3. The second-order valence-corrected chi connectivity index (χ2v) is 6.52. The number of carboxylic acids is 1. The van der Waals surface area contributed by atoms with Gasteiger partial charge in [-0.15, -0.1) is 0 Å². The number of nitrogens with one attached hydrogen (secondary N) is 2. The molecule has 0 spiro atoms. The smallest absolute Gasteiger partial charge is 0.322 e. The number of hydrogen-bond acceptors (Lipinski definition) is 5. The molecule has 9 heteroatoms. The summed E-state index contributed by atoms with van der Waals surface area (Å²) < 4.78 is 5.89. The van der Waals surface area contributed by atoms with Crippen LogP contribution in [-0.2, 0) is 30.5 Å². The zero-order valence-corrected chi connectivity index (χ0v) is 16.9. The van der Waals surface area contributed by atoms with E-state index in [2.05, 4.69) is 10.6 Å². The van der Waals surface area contributed by atoms with Crippen LogP contribution in [0.25, 0.3) is 0 Å². The molecule has 0 fully saturated rings. The van der Waals surface area contributed by atoms with Crippen molar-refractivity contribution in [2.75, 3.05) is 17.6 Å². The lowest BCUT2D eigenvalue weighted by Gasteiger charge is -2.18. The van der Waals surface area contributed by atoms with Gasteiger partial charge in [0, 0.05) is 12.8 Å². The molecule has 0 bridgehead atoms. The molecule has 0 radical (unpaired) electrons. The molecule has 3 N–H and O–H groups in total. The fourth-order valence-corrected chi connectivity index (χ4v) is 2.50. The molecular weight excluding hydrogens is 467 g/mol. The minimum atomic E-state index is -1.18. The summed E-state index contributed by atoms with van der Waals surface area (Å²) in [6.45, 7) is -0.392. The molecule has 8 nitrogen and oxygen atoms in total. The van der Waals surface area contributed by atoms with Crippen LogP contribution in [0.3, 0.4) is 0 Å². The quantitative estimate of drug-likeness (QED) is 0.281. The van der Waals surface area contributed by atoms with Gasteiger partial charge in [-0.1, -0.05) is 52.9 Å². The van der Waals surface area contributed by atoms with Crippen molar-refractivity contribution in [3.05, 3.63) is 35.9 Å². The Kier molecular flexibility index (Phi) is 11.3. The molecule has 0 saturated carbocycles. The SMILES string of the molecule is O=C(O)CNC(=O)C(COCc1ccccc1)NC(=O)CCCC(=O)CI. The molecule has 0 aliphatic heterocycles. The van der Waals surface area contributed by atoms with Crippen molar-refractivity contribution in [2.24, 2.45) is 0 Å². The average molecular weight is 490 g/mol. The molecular formula is C18H23IN2O6. The highest BCUT2D eigenvalue weighted by molar-refractivity contribution is 14.1. The van der Waals surface area contributed by atoms with Gasteiger partial charge in [0.25, 0.3) is 0 Å². The second kappa shape index (κ2) is 13.2. The summed E-state index contributed by atoms with van der Waals surface area (Å²) in [6.07, 6.45) is 0.794. The standard InChI is InChI=1S/C18H23IN2O6/c19-9-14(22)7-4-8-16(23)21-15(18(26)20-10-17(24)25)12-27-11-13-5-2-1-3-6-13/h1-3,5-6,15H,4,7-12H2,(H,20,26)(H,21,23)(H,24,25). The normalized spacial score (nSPS) is 11.4. The second-order valence-electron chi connectivity index (χ2n) is 5.76. The van der Waals surface area contributed by atoms with Crippen molar-refractivity contribution in [1.29, 1.82) is 0 Å². The number of amides is 2. The Morgan fingerprint density at radius 3 is 2.44 bits per heavy atom. The first-order valence-corrected chi connectivity index (χ1v) is 9.93. The van der Waals surface area contributed by atoms with Crippen molar-refractivity contribution in [2.45, 2.75) is 31.9 Å². The summed E-state index contributed by atoms with van der Waals surface area (Å²) in [5, 5.41) is 13.4. The van der Waals surface area contributed by atoms with Gasteiger partial charge in [0.1, 0.15) is 18.4 Å². The Morgan fingerprint density at radius 1 is 1.11 bits per heavy atom. The number of carbonyl (C=O) groups is 4. The van der Waals surface area contributed by atoms with E-state index in [4.69, 9.17) is 9.84 Å². The Hall–Kier alpha value is -2.01. The molecule has 0 heterocycles. The first-order valence-electron chi connectivity index (χ1n) is 8.40. The Bertz CT molecular complexity index is 638. The maximum absolute atomic E-state index is 12.1. The van der Waals surface area contributed by atoms with E-state index in [9.17, 15) is 19.2 Å². The monoisotopic (exact) mass is 490 g/mol. The van der Waals surface area contributed by atoms with Crippen molar-refractivity contribution in [3.8, 4) is 0 Å². The summed E-state index contributed by atoms with van der Waals surface area (Å²) in [4.78, 5) is 46.0. The van der Waals surface area contributed by atoms with Gasteiger partial charge in [0.05, 0.1) is 17.6 Å². The van der Waals surface area contributed by atoms with Gasteiger partial charge in [-0.05, 0) is 12.0 Å². The lowest BCUT2D eigenvalue weighted by molar-refractivity contribution is -0.138. The van der Waals surface area contributed by atoms with E-state index in [-0.39, 0.29) is 25.4 Å². The van der Waals surface area contributed by atoms with Gasteiger partial charge in [-0.3, -0.25) is 19.2 Å². The first-order chi connectivity index (χ1) is 12.9. The summed E-state index contributed by atoms with van der Waals surface area (Å²) in [5.41, 5.74) is 0.908. The lowest BCUT2D eigenvalue weighted by atomic mass is 10.1. The molecule has 0 aliphatic carbocycles. The van der Waals surface area contributed by atoms with E-state index in [1.807, 2.05) is 52.9 Å². The van der Waals surface area contributed by atoms with Gasteiger partial charge >= 0.3 is 5.97 Å². The molecule has 1 aromatic carbocycles. The number of rotatable bonds is 13. The third-order valence-electron chi connectivity index (χ3n) is 3.47. The summed E-state index contributed by atoms with van der Waals surface area (Å²) in [7, 11) is 0. The number of hydrogen-bond donors (Lipinski definition) is 3. The molecule has 148 valence electrons. The maximum Gasteiger partial charge on any atom is 0.322 e. The van der Waals surface area contributed by atoms with Gasteiger partial charge in [0.2, 0.25) is 11.8 Å². The molecule has 1 unspecified atom stereocenters.